The minimum absolute atomic E-state index is 0.0568. The summed E-state index contributed by atoms with van der Waals surface area (Å²) >= 11 is 0. The summed E-state index contributed by atoms with van der Waals surface area (Å²) in [6.45, 7) is 11.5. The Balaban J connectivity index is 2.01. The van der Waals surface area contributed by atoms with Crippen LogP contribution in [0.1, 0.15) is 56.9 Å². The monoisotopic (exact) mass is 414 g/mol. The van der Waals surface area contributed by atoms with E-state index in [0.717, 1.165) is 32.5 Å². The summed E-state index contributed by atoms with van der Waals surface area (Å²) in [6.07, 6.45) is 3.65. The van der Waals surface area contributed by atoms with Gasteiger partial charge in [0.25, 0.3) is 0 Å². The molecule has 5 heteroatoms. The normalized spacial score (nSPS) is 12.5. The number of hydrogen-bond acceptors (Lipinski definition) is 4. The summed E-state index contributed by atoms with van der Waals surface area (Å²) in [6, 6.07) is 12.7. The first-order valence-electron chi connectivity index (χ1n) is 11.1. The highest BCUT2D eigenvalue weighted by Crippen LogP contribution is 2.15. The van der Waals surface area contributed by atoms with Gasteiger partial charge in [-0.15, -0.1) is 0 Å². The molecule has 0 radical (unpaired) electrons. The summed E-state index contributed by atoms with van der Waals surface area (Å²) in [7, 11) is 0. The highest BCUT2D eigenvalue weighted by atomic mass is 16.5. The molecule has 1 aromatic heterocycles. The molecule has 1 atom stereocenters. The van der Waals surface area contributed by atoms with Gasteiger partial charge in [0, 0.05) is 37.9 Å². The maximum Gasteiger partial charge on any atom is 0.305 e. The zero-order valence-corrected chi connectivity index (χ0v) is 19.0. The van der Waals surface area contributed by atoms with Crippen molar-refractivity contribution in [3.8, 4) is 0 Å². The lowest BCUT2D eigenvalue weighted by molar-refractivity contribution is -0.147. The number of rotatable bonds is 13. The molecule has 0 spiro atoms. The van der Waals surface area contributed by atoms with Crippen LogP contribution in [0.3, 0.4) is 0 Å². The topological polar surface area (TPSA) is 54.7 Å². The maximum absolute atomic E-state index is 11.6. The van der Waals surface area contributed by atoms with Crippen molar-refractivity contribution in [3.05, 3.63) is 59.4 Å². The number of carbonyl (C=O) groups excluding carboxylic acids is 1. The van der Waals surface area contributed by atoms with E-state index in [1.165, 1.54) is 16.8 Å². The number of benzene rings is 1. The highest BCUT2D eigenvalue weighted by Gasteiger charge is 2.16. The molecular formula is C25H38N2O3. The third-order valence-corrected chi connectivity index (χ3v) is 5.29. The van der Waals surface area contributed by atoms with E-state index < -0.39 is 6.10 Å². The van der Waals surface area contributed by atoms with Gasteiger partial charge in [-0.25, -0.2) is 0 Å². The van der Waals surface area contributed by atoms with E-state index >= 15 is 0 Å². The van der Waals surface area contributed by atoms with Crippen molar-refractivity contribution in [2.45, 2.75) is 66.2 Å². The molecule has 0 fully saturated rings. The van der Waals surface area contributed by atoms with Crippen molar-refractivity contribution in [1.82, 2.24) is 9.47 Å². The third kappa shape index (κ3) is 8.33. The quantitative estimate of drug-likeness (QED) is 0.494. The lowest BCUT2D eigenvalue weighted by Crippen LogP contribution is -2.36. The van der Waals surface area contributed by atoms with Crippen molar-refractivity contribution in [2.75, 3.05) is 19.7 Å². The number of aliphatic hydroxyl groups excluding tert-OH is 1. The molecule has 0 amide bonds. The van der Waals surface area contributed by atoms with Crippen LogP contribution in [0.15, 0.2) is 42.6 Å². The predicted molar refractivity (Wildman–Crippen MR) is 121 cm³/mol. The number of aryl methyl sites for hydroxylation is 1. The van der Waals surface area contributed by atoms with Crippen molar-refractivity contribution >= 4 is 5.97 Å². The first-order chi connectivity index (χ1) is 14.4. The zero-order chi connectivity index (χ0) is 21.9. The van der Waals surface area contributed by atoms with Gasteiger partial charge >= 0.3 is 5.97 Å². The highest BCUT2D eigenvalue weighted by molar-refractivity contribution is 5.69. The molecule has 0 unspecified atom stereocenters. The average molecular weight is 415 g/mol. The summed E-state index contributed by atoms with van der Waals surface area (Å²) in [5, 5.41) is 10.4. The Labute approximate surface area is 181 Å². The molecular weight excluding hydrogens is 376 g/mol. The van der Waals surface area contributed by atoms with E-state index in [9.17, 15) is 9.90 Å². The van der Waals surface area contributed by atoms with Gasteiger partial charge in [-0.3, -0.25) is 9.69 Å². The van der Waals surface area contributed by atoms with Crippen LogP contribution in [0.5, 0.6) is 0 Å². The van der Waals surface area contributed by atoms with Gasteiger partial charge in [0.15, 0.2) is 0 Å². The van der Waals surface area contributed by atoms with Gasteiger partial charge in [-0.05, 0) is 55.5 Å². The Morgan fingerprint density at radius 3 is 2.67 bits per heavy atom. The van der Waals surface area contributed by atoms with Gasteiger partial charge < -0.3 is 14.4 Å². The van der Waals surface area contributed by atoms with Gasteiger partial charge in [-0.2, -0.15) is 0 Å². The Bertz CT molecular complexity index is 769. The molecule has 0 saturated carbocycles. The fraction of sp³-hybridized carbons (Fsp3) is 0.560. The second-order valence-corrected chi connectivity index (χ2v) is 8.56. The number of hydrogen-bond donors (Lipinski definition) is 1. The van der Waals surface area contributed by atoms with Crippen molar-refractivity contribution in [3.63, 3.8) is 0 Å². The minimum Gasteiger partial charge on any atom is -0.463 e. The molecule has 2 aromatic rings. The van der Waals surface area contributed by atoms with Gasteiger partial charge in [-0.1, -0.05) is 45.0 Å². The van der Waals surface area contributed by atoms with E-state index in [0.29, 0.717) is 18.9 Å². The minimum atomic E-state index is -0.683. The van der Waals surface area contributed by atoms with E-state index in [-0.39, 0.29) is 12.6 Å². The average Bonchev–Trinajstić information content (AvgIpc) is 3.13. The fourth-order valence-corrected chi connectivity index (χ4v) is 3.44. The maximum atomic E-state index is 11.6. The predicted octanol–water partition coefficient (Wildman–Crippen LogP) is 4.40. The first-order valence-corrected chi connectivity index (χ1v) is 11.1. The number of nitrogens with zero attached hydrogens (tertiary/aromatic N) is 2. The van der Waals surface area contributed by atoms with Crippen molar-refractivity contribution in [1.29, 1.82) is 0 Å². The molecule has 30 heavy (non-hydrogen) atoms. The van der Waals surface area contributed by atoms with Crippen LogP contribution in [0.4, 0.5) is 0 Å². The van der Waals surface area contributed by atoms with E-state index in [1.807, 2.05) is 6.92 Å². The van der Waals surface area contributed by atoms with Gasteiger partial charge in [0.2, 0.25) is 0 Å². The molecule has 5 nitrogen and oxygen atoms in total. The lowest BCUT2D eigenvalue weighted by Gasteiger charge is -2.26. The first kappa shape index (κ1) is 24.2. The number of aliphatic hydroxyl groups is 1. The summed E-state index contributed by atoms with van der Waals surface area (Å²) in [5.74, 6) is 0.350. The fourth-order valence-electron chi connectivity index (χ4n) is 3.44. The smallest absolute Gasteiger partial charge is 0.305 e. The Morgan fingerprint density at radius 1 is 1.20 bits per heavy atom. The van der Waals surface area contributed by atoms with Crippen molar-refractivity contribution < 1.29 is 14.6 Å². The molecule has 0 saturated heterocycles. The zero-order valence-electron chi connectivity index (χ0n) is 19.0. The Kier molecular flexibility index (Phi) is 10.1. The van der Waals surface area contributed by atoms with Crippen LogP contribution in [0, 0.1) is 12.8 Å². The third-order valence-electron chi connectivity index (χ3n) is 5.29. The molecule has 0 aliphatic rings. The Hall–Kier alpha value is -2.11. The van der Waals surface area contributed by atoms with Crippen LogP contribution in [-0.4, -0.2) is 46.3 Å². The van der Waals surface area contributed by atoms with Gasteiger partial charge in [0.1, 0.15) is 12.7 Å². The summed E-state index contributed by atoms with van der Waals surface area (Å²) < 4.78 is 7.48. The standard InChI is InChI=1S/C25H38N2O3/c1-5-9-25(29)30-19-24(28)18-26(15-13-20(2)3)17-23-12-8-14-27(23)16-22-11-7-6-10-21(22)4/h6-8,10-12,14,20,24,28H,5,9,13,15-19H2,1-4H3/t24-/m0/s1. The second kappa shape index (κ2) is 12.6. The SMILES string of the molecule is CCCC(=O)OC[C@@H](O)CN(CCC(C)C)Cc1cccn1Cc1ccccc1C. The number of ether oxygens (including phenoxy) is 1. The van der Waals surface area contributed by atoms with Crippen LogP contribution in [0.25, 0.3) is 0 Å². The molecule has 0 bridgehead atoms. The molecule has 0 aliphatic carbocycles. The van der Waals surface area contributed by atoms with E-state index in [2.05, 4.69) is 72.8 Å². The van der Waals surface area contributed by atoms with E-state index in [4.69, 9.17) is 4.74 Å². The number of aromatic nitrogens is 1. The van der Waals surface area contributed by atoms with Gasteiger partial charge in [0.05, 0.1) is 0 Å². The molecule has 0 aliphatic heterocycles. The van der Waals surface area contributed by atoms with Crippen molar-refractivity contribution in [2.24, 2.45) is 5.92 Å². The lowest BCUT2D eigenvalue weighted by atomic mass is 10.1. The van der Waals surface area contributed by atoms with Crippen LogP contribution in [0.2, 0.25) is 0 Å². The molecule has 1 aromatic carbocycles. The number of carbonyl (C=O) groups is 1. The number of esters is 1. The summed E-state index contributed by atoms with van der Waals surface area (Å²) in [5.41, 5.74) is 3.82. The second-order valence-electron chi connectivity index (χ2n) is 8.56. The largest absolute Gasteiger partial charge is 0.463 e. The van der Waals surface area contributed by atoms with Crippen LogP contribution >= 0.6 is 0 Å². The van der Waals surface area contributed by atoms with E-state index in [1.54, 1.807) is 0 Å². The van der Waals surface area contributed by atoms with Crippen LogP contribution < -0.4 is 0 Å². The molecule has 2 rings (SSSR count). The Morgan fingerprint density at radius 2 is 1.97 bits per heavy atom. The molecule has 1 heterocycles. The molecule has 1 N–H and O–H groups in total. The van der Waals surface area contributed by atoms with Crippen LogP contribution in [-0.2, 0) is 22.6 Å². The molecule has 166 valence electrons. The summed E-state index contributed by atoms with van der Waals surface area (Å²) in [4.78, 5) is 13.9.